The number of ketones is 1. The maximum Gasteiger partial charge on any atom is 0.182 e. The number of phenolic OH excluding ortho intramolecular Hbond substituents is 2. The van der Waals surface area contributed by atoms with Gasteiger partial charge in [0.2, 0.25) is 0 Å². The third-order valence-electron chi connectivity index (χ3n) is 3.42. The molecule has 3 N–H and O–H groups in total. The molecule has 0 bridgehead atoms. The van der Waals surface area contributed by atoms with Gasteiger partial charge in [0.1, 0.15) is 5.76 Å². The minimum Gasteiger partial charge on any atom is -0.508 e. The van der Waals surface area contributed by atoms with Crippen molar-refractivity contribution >= 4 is 17.9 Å². The fourth-order valence-electron chi connectivity index (χ4n) is 2.08. The smallest absolute Gasteiger partial charge is 0.182 e. The summed E-state index contributed by atoms with van der Waals surface area (Å²) >= 11 is 0. The summed E-state index contributed by atoms with van der Waals surface area (Å²) in [5, 5.41) is 29.1. The minimum absolute atomic E-state index is 0.0852. The Labute approximate surface area is 159 Å². The van der Waals surface area contributed by atoms with Gasteiger partial charge in [0.05, 0.1) is 17.0 Å². The molecule has 6 heteroatoms. The molecule has 0 saturated heterocycles. The van der Waals surface area contributed by atoms with Crippen molar-refractivity contribution in [3.63, 3.8) is 0 Å². The number of phenols is 2. The molecule has 2 rings (SSSR count). The molecule has 0 heterocycles. The first-order chi connectivity index (χ1) is 13.7. The molecule has 2 aromatic rings. The highest BCUT2D eigenvalue weighted by atomic mass is 16.5. The lowest BCUT2D eigenvalue weighted by Crippen LogP contribution is -1.89. The van der Waals surface area contributed by atoms with Crippen LogP contribution in [0.2, 0.25) is 0 Å². The molecule has 0 spiro atoms. The molecular weight excluding hydrogens is 348 g/mol. The summed E-state index contributed by atoms with van der Waals surface area (Å²) in [6.45, 7) is 0. The molecule has 0 aliphatic heterocycles. The molecule has 0 fully saturated rings. The highest BCUT2D eigenvalue weighted by molar-refractivity contribution is 6.02. The Morgan fingerprint density at radius 2 is 1.41 bits per heavy atom. The number of ether oxygens (including phenoxy) is 2. The van der Waals surface area contributed by atoms with E-state index in [1.807, 2.05) is 0 Å². The average molecular weight is 370 g/mol. The van der Waals surface area contributed by atoms with Gasteiger partial charge in [-0.2, -0.15) is 0 Å². The summed E-state index contributed by atoms with van der Waals surface area (Å²) in [7, 11) is 2.74. The molecule has 0 aromatic heterocycles. The number of aliphatic hydroxyl groups excluding tert-OH is 1. The quantitative estimate of drug-likeness (QED) is 0.389. The van der Waals surface area contributed by atoms with Crippen LogP contribution >= 0.6 is 0 Å². The van der Waals surface area contributed by atoms with E-state index in [2.05, 4.69) is 0 Å². The second-order valence-electron chi connectivity index (χ2n) is 5.32. The van der Waals surface area contributed by atoms with Gasteiger partial charge in [0.25, 0.3) is 0 Å². The fourth-order valence-corrected chi connectivity index (χ4v) is 2.08. The summed E-state index contributed by atoms with van der Waals surface area (Å²) < 4.78 is 25.9. The van der Waals surface area contributed by atoms with Crippen LogP contribution in [0.4, 0.5) is 0 Å². The van der Waals surface area contributed by atoms with Crippen LogP contribution in [0.15, 0.2) is 60.4 Å². The van der Waals surface area contributed by atoms with E-state index in [1.165, 1.54) is 50.6 Å². The second-order valence-corrected chi connectivity index (χ2v) is 5.32. The lowest BCUT2D eigenvalue weighted by atomic mass is 10.1. The number of hydrogen-bond acceptors (Lipinski definition) is 6. The lowest BCUT2D eigenvalue weighted by Gasteiger charge is -2.03. The van der Waals surface area contributed by atoms with E-state index in [0.717, 1.165) is 18.2 Å². The molecule has 140 valence electrons. The van der Waals surface area contributed by atoms with Gasteiger partial charge in [-0.3, -0.25) is 4.79 Å². The topological polar surface area (TPSA) is 96.2 Å². The Kier molecular flexibility index (Phi) is 5.68. The molecule has 0 atom stereocenters. The maximum absolute atomic E-state index is 12.1. The molecule has 27 heavy (non-hydrogen) atoms. The molecule has 0 aliphatic rings. The molecule has 0 amide bonds. The van der Waals surface area contributed by atoms with Gasteiger partial charge in [-0.1, -0.05) is 24.2 Å². The van der Waals surface area contributed by atoms with E-state index in [9.17, 15) is 20.1 Å². The van der Waals surface area contributed by atoms with Crippen LogP contribution in [-0.2, 0) is 4.79 Å². The number of aromatic hydroxyl groups is 2. The Hall–Kier alpha value is -3.67. The standard InChI is InChI=1S/C21H20O6/c1-26-20-11-14(5-9-18(20)24)3-7-16(22)13-17(23)8-4-15-6-10-19(25)21(12-15)27-2/h3-13,22,24-25H,1-2H3/b7-3+,8-4+,16-13+/i3D,4D. The molecule has 0 saturated carbocycles. The number of hydrogen-bond donors (Lipinski definition) is 3. The van der Waals surface area contributed by atoms with Crippen LogP contribution < -0.4 is 9.47 Å². The number of benzene rings is 2. The van der Waals surface area contributed by atoms with Crippen LogP contribution in [-0.4, -0.2) is 35.3 Å². The van der Waals surface area contributed by atoms with E-state index in [0.29, 0.717) is 11.1 Å². The van der Waals surface area contributed by atoms with Crippen molar-refractivity contribution in [1.82, 2.24) is 0 Å². The van der Waals surface area contributed by atoms with Crippen molar-refractivity contribution in [3.8, 4) is 23.0 Å². The van der Waals surface area contributed by atoms with Gasteiger partial charge in [-0.25, -0.2) is 0 Å². The summed E-state index contributed by atoms with van der Waals surface area (Å²) in [6.07, 6.45) is 2.92. The largest absolute Gasteiger partial charge is 0.508 e. The van der Waals surface area contributed by atoms with Crippen LogP contribution in [0.25, 0.3) is 12.1 Å². The van der Waals surface area contributed by atoms with E-state index in [1.54, 1.807) is 0 Å². The minimum atomic E-state index is -0.660. The molecule has 0 aliphatic carbocycles. The van der Waals surface area contributed by atoms with Gasteiger partial charge in [0, 0.05) is 6.08 Å². The van der Waals surface area contributed by atoms with E-state index in [-0.39, 0.29) is 35.1 Å². The molecule has 6 nitrogen and oxygen atoms in total. The van der Waals surface area contributed by atoms with Crippen LogP contribution in [0, 0.1) is 0 Å². The normalized spacial score (nSPS) is 13.6. The third kappa shape index (κ3) is 5.67. The average Bonchev–Trinajstić information content (AvgIpc) is 2.68. The van der Waals surface area contributed by atoms with Crippen LogP contribution in [0.5, 0.6) is 23.0 Å². The van der Waals surface area contributed by atoms with Crippen molar-refractivity contribution in [2.75, 3.05) is 14.2 Å². The first kappa shape index (κ1) is 16.8. The fraction of sp³-hybridized carbons (Fsp3) is 0.0952. The molecule has 2 aromatic carbocycles. The van der Waals surface area contributed by atoms with Gasteiger partial charge in [-0.15, -0.1) is 0 Å². The van der Waals surface area contributed by atoms with Crippen molar-refractivity contribution in [2.24, 2.45) is 0 Å². The summed E-state index contributed by atoms with van der Waals surface area (Å²) in [5.41, 5.74) is 0.703. The first-order valence-electron chi connectivity index (χ1n) is 8.81. The summed E-state index contributed by atoms with van der Waals surface area (Å²) in [5.74, 6) is -0.972. The van der Waals surface area contributed by atoms with E-state index < -0.39 is 11.5 Å². The lowest BCUT2D eigenvalue weighted by molar-refractivity contribution is -0.110. The molecule has 0 unspecified atom stereocenters. The first-order valence-corrected chi connectivity index (χ1v) is 7.81. The Morgan fingerprint density at radius 3 is 1.89 bits per heavy atom. The summed E-state index contributed by atoms with van der Waals surface area (Å²) in [6, 6.07) is 8.19. The predicted octanol–water partition coefficient (Wildman–Crippen LogP) is 3.85. The number of carbonyl (C=O) groups is 1. The number of methoxy groups -OCH3 is 2. The number of rotatable bonds is 7. The van der Waals surface area contributed by atoms with Crippen LogP contribution in [0.3, 0.4) is 0 Å². The highest BCUT2D eigenvalue weighted by Crippen LogP contribution is 2.27. The zero-order chi connectivity index (χ0) is 21.6. The van der Waals surface area contributed by atoms with Gasteiger partial charge < -0.3 is 24.8 Å². The van der Waals surface area contributed by atoms with Gasteiger partial charge in [-0.05, 0) is 47.5 Å². The van der Waals surface area contributed by atoms with Crippen molar-refractivity contribution < 1.29 is 32.3 Å². The zero-order valence-corrected chi connectivity index (χ0v) is 14.8. The van der Waals surface area contributed by atoms with Crippen LogP contribution in [0.1, 0.15) is 13.9 Å². The Morgan fingerprint density at radius 1 is 0.926 bits per heavy atom. The number of aliphatic hydroxyl groups is 1. The van der Waals surface area contributed by atoms with Crippen molar-refractivity contribution in [2.45, 2.75) is 0 Å². The predicted molar refractivity (Wildman–Crippen MR) is 103 cm³/mol. The van der Waals surface area contributed by atoms with E-state index >= 15 is 0 Å². The zero-order valence-electron chi connectivity index (χ0n) is 16.8. The highest BCUT2D eigenvalue weighted by Gasteiger charge is 2.02. The molecule has 0 radical (unpaired) electrons. The third-order valence-corrected chi connectivity index (χ3v) is 3.42. The van der Waals surface area contributed by atoms with Gasteiger partial charge >= 0.3 is 0 Å². The van der Waals surface area contributed by atoms with Crippen molar-refractivity contribution in [3.05, 3.63) is 71.5 Å². The van der Waals surface area contributed by atoms with Crippen molar-refractivity contribution in [1.29, 1.82) is 0 Å². The van der Waals surface area contributed by atoms with E-state index in [4.69, 9.17) is 12.2 Å². The number of carbonyl (C=O) groups excluding carboxylic acids is 1. The SMILES string of the molecule is [2H]/C(=C\C(=O)/C=C(O)\C=C(/[2H])c1ccc(O)c(OC)c1)c1ccc(O)c(OC)c1. The Bertz CT molecular complexity index is 1010. The Balaban J connectivity index is 2.21. The molecular formula is C21H20O6. The monoisotopic (exact) mass is 370 g/mol. The van der Waals surface area contributed by atoms with Gasteiger partial charge in [0.15, 0.2) is 28.8 Å². The second kappa shape index (κ2) is 9.15. The number of allylic oxidation sites excluding steroid dienone is 3. The summed E-state index contributed by atoms with van der Waals surface area (Å²) in [4.78, 5) is 12.1. The maximum atomic E-state index is 12.1.